The molecule has 0 fully saturated rings. The van der Waals surface area contributed by atoms with Gasteiger partial charge in [0.2, 0.25) is 0 Å². The normalized spacial score (nSPS) is 12.1. The van der Waals surface area contributed by atoms with E-state index in [-0.39, 0.29) is 11.3 Å². The van der Waals surface area contributed by atoms with Crippen LogP contribution in [0, 0.1) is 11.3 Å². The molecule has 1 aromatic carbocycles. The molecule has 0 heterocycles. The second kappa shape index (κ2) is 7.91. The van der Waals surface area contributed by atoms with Crippen LogP contribution in [-0.4, -0.2) is 12.5 Å². The number of amides is 1. The van der Waals surface area contributed by atoms with Crippen molar-refractivity contribution < 1.29 is 4.79 Å². The molecule has 18 heavy (non-hydrogen) atoms. The molecule has 1 aromatic rings. The van der Waals surface area contributed by atoms with Crippen LogP contribution in [0.15, 0.2) is 30.3 Å². The average molecular weight is 249 g/mol. The molecule has 1 unspecified atom stereocenters. The third-order valence-electron chi connectivity index (χ3n) is 3.08. The van der Waals surface area contributed by atoms with Gasteiger partial charge in [-0.1, -0.05) is 59.7 Å². The quantitative estimate of drug-likeness (QED) is 0.857. The molecule has 102 valence electrons. The Bertz CT molecular complexity index is 338. The lowest BCUT2D eigenvalue weighted by Crippen LogP contribution is -2.33. The summed E-state index contributed by atoms with van der Waals surface area (Å²) in [5, 5.41) is 2.97. The molecule has 0 aliphatic rings. The van der Waals surface area contributed by atoms with Gasteiger partial charge >= 0.3 is 0 Å². The Morgan fingerprint density at radius 1 is 1.17 bits per heavy atom. The van der Waals surface area contributed by atoms with Crippen LogP contribution in [0.4, 0.5) is 0 Å². The predicted molar refractivity (Wildman–Crippen MR) is 78.7 cm³/mol. The van der Waals surface area contributed by atoms with E-state index in [0.717, 1.165) is 12.1 Å². The average Bonchev–Trinajstić information content (AvgIpc) is 2.37. The Balaban J connectivity index is 0.00000137. The van der Waals surface area contributed by atoms with Gasteiger partial charge in [0.1, 0.15) is 0 Å². The maximum absolute atomic E-state index is 11.8. The molecular weight excluding hydrogens is 222 g/mol. The van der Waals surface area contributed by atoms with Gasteiger partial charge in [-0.05, 0) is 23.5 Å². The van der Waals surface area contributed by atoms with E-state index >= 15 is 0 Å². The van der Waals surface area contributed by atoms with Crippen LogP contribution < -0.4 is 5.32 Å². The largest absolute Gasteiger partial charge is 0.352 e. The van der Waals surface area contributed by atoms with Gasteiger partial charge in [-0.3, -0.25) is 4.79 Å². The van der Waals surface area contributed by atoms with Crippen LogP contribution in [0.5, 0.6) is 0 Å². The van der Waals surface area contributed by atoms with E-state index in [1.807, 2.05) is 44.2 Å². The first-order valence-electron chi connectivity index (χ1n) is 6.74. The first kappa shape index (κ1) is 16.7. The molecule has 2 nitrogen and oxygen atoms in total. The summed E-state index contributed by atoms with van der Waals surface area (Å²) in [5.41, 5.74) is 0.952. The van der Waals surface area contributed by atoms with E-state index in [4.69, 9.17) is 0 Å². The van der Waals surface area contributed by atoms with E-state index in [1.54, 1.807) is 0 Å². The highest BCUT2D eigenvalue weighted by Crippen LogP contribution is 2.24. The Labute approximate surface area is 112 Å². The van der Waals surface area contributed by atoms with Crippen LogP contribution in [0.1, 0.15) is 51.9 Å². The summed E-state index contributed by atoms with van der Waals surface area (Å²) in [6, 6.07) is 9.33. The highest BCUT2D eigenvalue weighted by molar-refractivity contribution is 5.94. The van der Waals surface area contributed by atoms with E-state index < -0.39 is 0 Å². The minimum atomic E-state index is 0.0108. The van der Waals surface area contributed by atoms with Crippen molar-refractivity contribution in [2.75, 3.05) is 6.54 Å². The molecule has 1 N–H and O–H groups in total. The van der Waals surface area contributed by atoms with Crippen molar-refractivity contribution in [2.45, 2.75) is 41.5 Å². The smallest absolute Gasteiger partial charge is 0.251 e. The number of hydrogen-bond donors (Lipinski definition) is 1. The zero-order valence-electron chi connectivity index (χ0n) is 12.6. The molecule has 0 saturated carbocycles. The fourth-order valence-corrected chi connectivity index (χ4v) is 1.24. The third-order valence-corrected chi connectivity index (χ3v) is 3.08. The molecule has 2 heteroatoms. The fraction of sp³-hybridized carbons (Fsp3) is 0.562. The second-order valence-corrected chi connectivity index (χ2v) is 5.34. The first-order chi connectivity index (χ1) is 8.41. The molecular formula is C16H27NO. The summed E-state index contributed by atoms with van der Waals surface area (Å²) >= 11 is 0. The molecule has 0 aliphatic heterocycles. The summed E-state index contributed by atoms with van der Waals surface area (Å²) in [5.74, 6) is 0.469. The predicted octanol–water partition coefficient (Wildman–Crippen LogP) is 4.12. The summed E-state index contributed by atoms with van der Waals surface area (Å²) < 4.78 is 0. The number of hydrogen-bond acceptors (Lipinski definition) is 1. The van der Waals surface area contributed by atoms with Gasteiger partial charge in [0, 0.05) is 12.1 Å². The SMILES string of the molecule is CC.CC(CNC(=O)c1ccccc1)C(C)(C)C. The van der Waals surface area contributed by atoms with Crippen molar-refractivity contribution in [3.8, 4) is 0 Å². The van der Waals surface area contributed by atoms with Crippen LogP contribution in [-0.2, 0) is 0 Å². The molecule has 1 rings (SSSR count). The molecule has 0 saturated heterocycles. The van der Waals surface area contributed by atoms with Crippen molar-refractivity contribution >= 4 is 5.91 Å². The minimum Gasteiger partial charge on any atom is -0.352 e. The van der Waals surface area contributed by atoms with E-state index in [1.165, 1.54) is 0 Å². The summed E-state index contributed by atoms with van der Waals surface area (Å²) in [6.07, 6.45) is 0. The van der Waals surface area contributed by atoms with Crippen molar-refractivity contribution in [3.63, 3.8) is 0 Å². The topological polar surface area (TPSA) is 29.1 Å². The van der Waals surface area contributed by atoms with Gasteiger partial charge in [0.05, 0.1) is 0 Å². The fourth-order valence-electron chi connectivity index (χ4n) is 1.24. The van der Waals surface area contributed by atoms with E-state index in [2.05, 4.69) is 33.0 Å². The van der Waals surface area contributed by atoms with Gasteiger partial charge in [-0.15, -0.1) is 0 Å². The van der Waals surface area contributed by atoms with Gasteiger partial charge in [0.15, 0.2) is 0 Å². The first-order valence-corrected chi connectivity index (χ1v) is 6.74. The van der Waals surface area contributed by atoms with Gasteiger partial charge in [-0.25, -0.2) is 0 Å². The van der Waals surface area contributed by atoms with Crippen LogP contribution in [0.25, 0.3) is 0 Å². The number of carbonyl (C=O) groups is 1. The standard InChI is InChI=1S/C14H21NO.C2H6/c1-11(14(2,3)4)10-15-13(16)12-8-6-5-7-9-12;1-2/h5-9,11H,10H2,1-4H3,(H,15,16);1-2H3. The Kier molecular flexibility index (Phi) is 7.33. The number of benzene rings is 1. The van der Waals surface area contributed by atoms with Crippen LogP contribution >= 0.6 is 0 Å². The third kappa shape index (κ3) is 5.85. The number of nitrogens with one attached hydrogen (secondary N) is 1. The van der Waals surface area contributed by atoms with Crippen molar-refractivity contribution in [3.05, 3.63) is 35.9 Å². The lowest BCUT2D eigenvalue weighted by Gasteiger charge is -2.27. The lowest BCUT2D eigenvalue weighted by atomic mass is 9.82. The van der Waals surface area contributed by atoms with Crippen LogP contribution in [0.3, 0.4) is 0 Å². The zero-order valence-corrected chi connectivity index (χ0v) is 12.6. The summed E-state index contributed by atoms with van der Waals surface area (Å²) in [6.45, 7) is 13.4. The van der Waals surface area contributed by atoms with Crippen molar-refractivity contribution in [2.24, 2.45) is 11.3 Å². The Morgan fingerprint density at radius 3 is 2.11 bits per heavy atom. The molecule has 0 radical (unpaired) electrons. The molecule has 0 aliphatic carbocycles. The zero-order chi connectivity index (χ0) is 14.2. The number of carbonyl (C=O) groups excluding carboxylic acids is 1. The molecule has 1 atom stereocenters. The highest BCUT2D eigenvalue weighted by Gasteiger charge is 2.20. The van der Waals surface area contributed by atoms with E-state index in [0.29, 0.717) is 5.92 Å². The maximum Gasteiger partial charge on any atom is 0.251 e. The van der Waals surface area contributed by atoms with Gasteiger partial charge in [-0.2, -0.15) is 0 Å². The lowest BCUT2D eigenvalue weighted by molar-refractivity contribution is 0.0937. The number of rotatable bonds is 3. The maximum atomic E-state index is 11.8. The summed E-state index contributed by atoms with van der Waals surface area (Å²) in [7, 11) is 0. The van der Waals surface area contributed by atoms with Gasteiger partial charge in [0.25, 0.3) is 5.91 Å². The monoisotopic (exact) mass is 249 g/mol. The van der Waals surface area contributed by atoms with Crippen molar-refractivity contribution in [1.29, 1.82) is 0 Å². The van der Waals surface area contributed by atoms with E-state index in [9.17, 15) is 4.79 Å². The molecule has 1 amide bonds. The Hall–Kier alpha value is -1.31. The van der Waals surface area contributed by atoms with Gasteiger partial charge < -0.3 is 5.32 Å². The van der Waals surface area contributed by atoms with Crippen LogP contribution in [0.2, 0.25) is 0 Å². The molecule has 0 aromatic heterocycles. The Morgan fingerprint density at radius 2 is 1.67 bits per heavy atom. The highest BCUT2D eigenvalue weighted by atomic mass is 16.1. The van der Waals surface area contributed by atoms with Crippen molar-refractivity contribution in [1.82, 2.24) is 5.32 Å². The second-order valence-electron chi connectivity index (χ2n) is 5.34. The summed E-state index contributed by atoms with van der Waals surface area (Å²) in [4.78, 5) is 11.8. The minimum absolute atomic E-state index is 0.0108. The molecule has 0 spiro atoms. The molecule has 0 bridgehead atoms.